The zero-order valence-corrected chi connectivity index (χ0v) is 10.4. The molecule has 0 aliphatic heterocycles. The summed E-state index contributed by atoms with van der Waals surface area (Å²) >= 11 is 0. The van der Waals surface area contributed by atoms with Crippen LogP contribution in [0.25, 0.3) is 21.5 Å². The van der Waals surface area contributed by atoms with Gasteiger partial charge in [0.05, 0.1) is 0 Å². The molecule has 1 radical (unpaired) electrons. The first kappa shape index (κ1) is 11.0. The van der Waals surface area contributed by atoms with E-state index in [1.165, 1.54) is 17.0 Å². The molecule has 0 atom stereocenters. The number of nitrogens with zero attached hydrogens (tertiary/aromatic N) is 2. The highest BCUT2D eigenvalue weighted by Crippen LogP contribution is 2.27. The molecule has 0 N–H and O–H groups in total. The van der Waals surface area contributed by atoms with Crippen molar-refractivity contribution in [3.63, 3.8) is 0 Å². The molecule has 0 amide bonds. The number of rotatable bonds is 2. The Bertz CT molecular complexity index is 885. The van der Waals surface area contributed by atoms with Gasteiger partial charge < -0.3 is 9.26 Å². The highest BCUT2D eigenvalue weighted by Gasteiger charge is 2.04. The Hall–Kier alpha value is -2.88. The lowest BCUT2D eigenvalue weighted by molar-refractivity contribution is 0.392. The largest absolute Gasteiger partial charge is 0.434 e. The topological polar surface area (TPSA) is 48.2 Å². The summed E-state index contributed by atoms with van der Waals surface area (Å²) in [4.78, 5) is 0. The summed E-state index contributed by atoms with van der Waals surface area (Å²) in [5, 5.41) is 11.5. The average Bonchev–Trinajstić information content (AvgIpc) is 2.98. The number of hydrogen-bond donors (Lipinski definition) is 0. The van der Waals surface area contributed by atoms with E-state index in [0.717, 1.165) is 10.8 Å². The van der Waals surface area contributed by atoms with E-state index in [2.05, 4.69) is 45.2 Å². The summed E-state index contributed by atoms with van der Waals surface area (Å²) < 4.78 is 10.1. The van der Waals surface area contributed by atoms with E-state index >= 15 is 0 Å². The minimum Gasteiger partial charge on any atom is -0.434 e. The molecular formula is C16H9N2O2. The fourth-order valence-electron chi connectivity index (χ4n) is 2.22. The van der Waals surface area contributed by atoms with Crippen LogP contribution in [0.5, 0.6) is 11.6 Å². The van der Waals surface area contributed by atoms with Crippen molar-refractivity contribution in [3.05, 3.63) is 60.9 Å². The normalized spacial score (nSPS) is 11.0. The van der Waals surface area contributed by atoms with Crippen molar-refractivity contribution in [2.45, 2.75) is 0 Å². The van der Waals surface area contributed by atoms with E-state index in [1.807, 2.05) is 24.3 Å². The fraction of sp³-hybridized carbons (Fsp3) is 0. The molecule has 0 saturated heterocycles. The maximum Gasteiger partial charge on any atom is 0.280 e. The van der Waals surface area contributed by atoms with Crippen LogP contribution in [0.3, 0.4) is 0 Å². The first-order valence-electron chi connectivity index (χ1n) is 6.18. The van der Waals surface area contributed by atoms with Crippen molar-refractivity contribution in [2.24, 2.45) is 0 Å². The molecule has 0 aliphatic rings. The predicted octanol–water partition coefficient (Wildman–Crippen LogP) is 3.97. The summed E-state index contributed by atoms with van der Waals surface area (Å²) in [6.07, 6.45) is 1.35. The molecule has 0 unspecified atom stereocenters. The van der Waals surface area contributed by atoms with Gasteiger partial charge in [-0.2, -0.15) is 0 Å². The van der Waals surface area contributed by atoms with E-state index in [9.17, 15) is 0 Å². The maximum atomic E-state index is 5.52. The Labute approximate surface area is 114 Å². The Morgan fingerprint density at radius 1 is 0.950 bits per heavy atom. The van der Waals surface area contributed by atoms with E-state index < -0.39 is 0 Å². The summed E-state index contributed by atoms with van der Waals surface area (Å²) in [6, 6.07) is 19.6. The van der Waals surface area contributed by atoms with E-state index in [0.29, 0.717) is 11.6 Å². The first-order valence-corrected chi connectivity index (χ1v) is 6.18. The lowest BCUT2D eigenvalue weighted by Gasteiger charge is -2.04. The third kappa shape index (κ3) is 1.87. The molecular weight excluding hydrogens is 252 g/mol. The van der Waals surface area contributed by atoms with Crippen LogP contribution in [0.1, 0.15) is 0 Å². The molecule has 4 aromatic rings. The molecule has 95 valence electrons. The van der Waals surface area contributed by atoms with Gasteiger partial charge >= 0.3 is 0 Å². The molecule has 1 heterocycles. The lowest BCUT2D eigenvalue weighted by Crippen LogP contribution is -1.85. The lowest BCUT2D eigenvalue weighted by atomic mass is 10.0. The second kappa shape index (κ2) is 4.35. The van der Waals surface area contributed by atoms with Crippen LogP contribution in [0.2, 0.25) is 0 Å². The molecule has 4 heteroatoms. The minimum absolute atomic E-state index is 0.321. The van der Waals surface area contributed by atoms with E-state index in [-0.39, 0.29) is 0 Å². The fourth-order valence-corrected chi connectivity index (χ4v) is 2.22. The van der Waals surface area contributed by atoms with Crippen LogP contribution >= 0.6 is 0 Å². The summed E-state index contributed by atoms with van der Waals surface area (Å²) in [6.45, 7) is 0. The van der Waals surface area contributed by atoms with Gasteiger partial charge in [-0.1, -0.05) is 35.4 Å². The SMILES string of the molecule is [c]1c(Oc2conn2)ccc2cc3ccccc3cc12. The first-order chi connectivity index (χ1) is 9.88. The highest BCUT2D eigenvalue weighted by molar-refractivity contribution is 5.98. The van der Waals surface area contributed by atoms with E-state index in [4.69, 9.17) is 4.74 Å². The van der Waals surface area contributed by atoms with Crippen molar-refractivity contribution in [1.82, 2.24) is 10.4 Å². The van der Waals surface area contributed by atoms with Gasteiger partial charge in [0.15, 0.2) is 6.26 Å². The molecule has 1 aromatic heterocycles. The average molecular weight is 261 g/mol. The minimum atomic E-state index is 0.321. The number of benzene rings is 3. The van der Waals surface area contributed by atoms with Crippen molar-refractivity contribution >= 4 is 21.5 Å². The third-order valence-electron chi connectivity index (χ3n) is 3.14. The van der Waals surface area contributed by atoms with Crippen LogP contribution in [0, 0.1) is 6.07 Å². The number of fused-ring (bicyclic) bond motifs is 2. The molecule has 0 saturated carbocycles. The maximum absolute atomic E-state index is 5.52. The van der Waals surface area contributed by atoms with Gasteiger partial charge in [-0.25, -0.2) is 0 Å². The second-order valence-corrected chi connectivity index (χ2v) is 4.45. The monoisotopic (exact) mass is 261 g/mol. The van der Waals surface area contributed by atoms with Gasteiger partial charge in [0.1, 0.15) is 5.75 Å². The van der Waals surface area contributed by atoms with Crippen LogP contribution < -0.4 is 4.74 Å². The molecule has 4 nitrogen and oxygen atoms in total. The van der Waals surface area contributed by atoms with Crippen molar-refractivity contribution in [3.8, 4) is 11.6 Å². The molecule has 0 spiro atoms. The third-order valence-corrected chi connectivity index (χ3v) is 3.14. The number of aromatic nitrogens is 2. The Kier molecular flexibility index (Phi) is 2.39. The van der Waals surface area contributed by atoms with E-state index in [1.54, 1.807) is 0 Å². The van der Waals surface area contributed by atoms with Gasteiger partial charge in [0.2, 0.25) is 0 Å². The number of hydrogen-bond acceptors (Lipinski definition) is 4. The zero-order chi connectivity index (χ0) is 13.4. The van der Waals surface area contributed by atoms with Gasteiger partial charge in [-0.3, -0.25) is 0 Å². The Balaban J connectivity index is 1.83. The summed E-state index contributed by atoms with van der Waals surface area (Å²) in [7, 11) is 0. The molecule has 0 aliphatic carbocycles. The van der Waals surface area contributed by atoms with Gasteiger partial charge in [-0.05, 0) is 39.7 Å². The van der Waals surface area contributed by atoms with Gasteiger partial charge in [0.25, 0.3) is 5.88 Å². The van der Waals surface area contributed by atoms with Crippen molar-refractivity contribution < 1.29 is 9.26 Å². The Morgan fingerprint density at radius 3 is 2.60 bits per heavy atom. The van der Waals surface area contributed by atoms with Crippen molar-refractivity contribution in [2.75, 3.05) is 0 Å². The van der Waals surface area contributed by atoms with Crippen LogP contribution in [0.4, 0.5) is 0 Å². The smallest absolute Gasteiger partial charge is 0.280 e. The zero-order valence-electron chi connectivity index (χ0n) is 10.4. The number of ether oxygens (including phenoxy) is 1. The van der Waals surface area contributed by atoms with Crippen LogP contribution in [0.15, 0.2) is 59.3 Å². The Morgan fingerprint density at radius 2 is 1.80 bits per heavy atom. The molecule has 0 fully saturated rings. The van der Waals surface area contributed by atoms with Crippen molar-refractivity contribution in [1.29, 1.82) is 0 Å². The van der Waals surface area contributed by atoms with Gasteiger partial charge in [0, 0.05) is 11.3 Å². The molecule has 4 rings (SSSR count). The molecule has 0 bridgehead atoms. The molecule has 20 heavy (non-hydrogen) atoms. The van der Waals surface area contributed by atoms with Crippen LogP contribution in [-0.4, -0.2) is 10.4 Å². The summed E-state index contributed by atoms with van der Waals surface area (Å²) in [5.41, 5.74) is 0. The van der Waals surface area contributed by atoms with Crippen LogP contribution in [-0.2, 0) is 0 Å². The van der Waals surface area contributed by atoms with Gasteiger partial charge in [-0.15, -0.1) is 0 Å². The second-order valence-electron chi connectivity index (χ2n) is 4.45. The molecule has 3 aromatic carbocycles. The predicted molar refractivity (Wildman–Crippen MR) is 74.7 cm³/mol. The summed E-state index contributed by atoms with van der Waals surface area (Å²) in [5.74, 6) is 0.907. The highest BCUT2D eigenvalue weighted by atomic mass is 16.5. The quantitative estimate of drug-likeness (QED) is 0.512. The standard InChI is InChI=1S/C16H9N2O2/c1-2-4-12-8-14-9-15(20-16-10-19-18-17-16)6-5-13(14)7-11(12)3-1/h1-8,10H.